The van der Waals surface area contributed by atoms with Crippen LogP contribution in [-0.2, 0) is 23.8 Å². The van der Waals surface area contributed by atoms with Crippen molar-refractivity contribution in [2.24, 2.45) is 5.92 Å². The SMILES string of the molecule is C=CC(=O)OCCCCCCOc1ccc(C(=O)O)cc1.C=CC(=O)OCCCCCCOc1ccc(C(=O)Oc2ccc(C(=O)OCCCCCCCCOc3ccc(C4CCC(CCCCC)CC4)cc3)cc2)cc1. The first-order valence-electron chi connectivity index (χ1n) is 28.1. The van der Waals surface area contributed by atoms with Gasteiger partial charge >= 0.3 is 29.8 Å². The third-order valence-electron chi connectivity index (χ3n) is 13.4. The molecule has 0 aliphatic heterocycles. The number of rotatable bonds is 37. The third-order valence-corrected chi connectivity index (χ3v) is 13.4. The van der Waals surface area contributed by atoms with Crippen molar-refractivity contribution in [1.82, 2.24) is 0 Å². The van der Waals surface area contributed by atoms with E-state index in [4.69, 9.17) is 38.3 Å². The number of unbranched alkanes of at least 4 members (excludes halogenated alkanes) is 13. The van der Waals surface area contributed by atoms with E-state index in [0.717, 1.165) is 120 Å². The van der Waals surface area contributed by atoms with Gasteiger partial charge in [-0.2, -0.15) is 0 Å². The van der Waals surface area contributed by atoms with Crippen molar-refractivity contribution in [2.45, 2.75) is 154 Å². The van der Waals surface area contributed by atoms with Crippen molar-refractivity contribution >= 4 is 29.8 Å². The van der Waals surface area contributed by atoms with E-state index >= 15 is 0 Å². The van der Waals surface area contributed by atoms with Gasteiger partial charge in [0.05, 0.1) is 56.3 Å². The molecule has 418 valence electrons. The zero-order valence-corrected chi connectivity index (χ0v) is 45.6. The average molecular weight is 1060 g/mol. The van der Waals surface area contributed by atoms with Gasteiger partial charge in [0, 0.05) is 12.2 Å². The Balaban J connectivity index is 0.000000510. The number of carbonyl (C=O) groups excluding carboxylic acids is 4. The lowest BCUT2D eigenvalue weighted by Gasteiger charge is -2.29. The molecule has 13 nitrogen and oxygen atoms in total. The normalized spacial score (nSPS) is 13.7. The van der Waals surface area contributed by atoms with Gasteiger partial charge in [0.15, 0.2) is 0 Å². The third kappa shape index (κ3) is 27.1. The van der Waals surface area contributed by atoms with E-state index in [-0.39, 0.29) is 17.5 Å². The van der Waals surface area contributed by atoms with Crippen LogP contribution in [0.5, 0.6) is 23.0 Å². The summed E-state index contributed by atoms with van der Waals surface area (Å²) < 4.78 is 38.1. The zero-order valence-electron chi connectivity index (χ0n) is 45.6. The number of hydrogen-bond donors (Lipinski definition) is 1. The van der Waals surface area contributed by atoms with E-state index < -0.39 is 17.9 Å². The molecule has 1 saturated carbocycles. The molecule has 1 fully saturated rings. The van der Waals surface area contributed by atoms with Crippen molar-refractivity contribution in [3.63, 3.8) is 0 Å². The molecule has 1 aliphatic rings. The lowest BCUT2D eigenvalue weighted by Crippen LogP contribution is -2.13. The van der Waals surface area contributed by atoms with Crippen LogP contribution in [0.3, 0.4) is 0 Å². The second kappa shape index (κ2) is 38.6. The first-order valence-corrected chi connectivity index (χ1v) is 28.1. The molecule has 77 heavy (non-hydrogen) atoms. The molecule has 0 bridgehead atoms. The molecule has 0 unspecified atom stereocenters. The predicted molar refractivity (Wildman–Crippen MR) is 300 cm³/mol. The summed E-state index contributed by atoms with van der Waals surface area (Å²) in [5.74, 6) is 1.69. The molecule has 13 heteroatoms. The summed E-state index contributed by atoms with van der Waals surface area (Å²) in [6.45, 7) is 12.0. The molecule has 0 aromatic heterocycles. The summed E-state index contributed by atoms with van der Waals surface area (Å²) in [4.78, 5) is 57.6. The largest absolute Gasteiger partial charge is 0.494 e. The molecule has 1 aliphatic carbocycles. The number of aromatic carboxylic acids is 1. The molecule has 0 spiro atoms. The van der Waals surface area contributed by atoms with Crippen LogP contribution >= 0.6 is 0 Å². The minimum Gasteiger partial charge on any atom is -0.494 e. The Morgan fingerprint density at radius 2 is 0.818 bits per heavy atom. The van der Waals surface area contributed by atoms with Gasteiger partial charge in [-0.1, -0.05) is 83.6 Å². The van der Waals surface area contributed by atoms with E-state index in [1.807, 2.05) is 0 Å². The highest BCUT2D eigenvalue weighted by atomic mass is 16.5. The van der Waals surface area contributed by atoms with Crippen molar-refractivity contribution in [3.05, 3.63) is 145 Å². The van der Waals surface area contributed by atoms with Crippen LogP contribution in [0.4, 0.5) is 0 Å². The van der Waals surface area contributed by atoms with Crippen LogP contribution in [0.25, 0.3) is 0 Å². The quantitative estimate of drug-likeness (QED) is 0.0149. The average Bonchev–Trinajstić information content (AvgIpc) is 3.46. The number of esters is 4. The summed E-state index contributed by atoms with van der Waals surface area (Å²) >= 11 is 0. The molecule has 5 rings (SSSR count). The van der Waals surface area contributed by atoms with Crippen molar-refractivity contribution in [3.8, 4) is 23.0 Å². The number of hydrogen-bond acceptors (Lipinski definition) is 12. The van der Waals surface area contributed by atoms with Crippen LogP contribution in [0.1, 0.15) is 191 Å². The van der Waals surface area contributed by atoms with Crippen molar-refractivity contribution in [2.75, 3.05) is 39.6 Å². The van der Waals surface area contributed by atoms with Crippen molar-refractivity contribution < 1.29 is 62.2 Å². The Morgan fingerprint density at radius 3 is 1.25 bits per heavy atom. The first kappa shape index (κ1) is 62.6. The Labute approximate surface area is 457 Å². The van der Waals surface area contributed by atoms with Gasteiger partial charge in [-0.3, -0.25) is 0 Å². The molecule has 0 amide bonds. The monoisotopic (exact) mass is 1060 g/mol. The Hall–Kier alpha value is -6.89. The summed E-state index contributed by atoms with van der Waals surface area (Å²) in [5, 5.41) is 8.77. The summed E-state index contributed by atoms with van der Waals surface area (Å²) in [7, 11) is 0. The highest BCUT2D eigenvalue weighted by Gasteiger charge is 2.22. The zero-order chi connectivity index (χ0) is 55.1. The number of ether oxygens (including phenoxy) is 7. The Kier molecular flexibility index (Phi) is 31.4. The lowest BCUT2D eigenvalue weighted by atomic mass is 9.77. The van der Waals surface area contributed by atoms with Gasteiger partial charge in [-0.25, -0.2) is 24.0 Å². The van der Waals surface area contributed by atoms with Crippen LogP contribution in [0.15, 0.2) is 122 Å². The van der Waals surface area contributed by atoms with Gasteiger partial charge in [0.25, 0.3) is 0 Å². The fourth-order valence-electron chi connectivity index (χ4n) is 8.82. The van der Waals surface area contributed by atoms with Crippen molar-refractivity contribution in [1.29, 1.82) is 0 Å². The van der Waals surface area contributed by atoms with E-state index in [2.05, 4.69) is 44.3 Å². The second-order valence-corrected chi connectivity index (χ2v) is 19.4. The number of carbonyl (C=O) groups is 5. The van der Waals surface area contributed by atoms with Gasteiger partial charge in [-0.15, -0.1) is 0 Å². The standard InChI is InChI=1S/C48H64O8.C16H20O5/c1-3-5-12-17-38-18-20-39(21-19-38)40-22-28-43(29-23-40)52-34-13-8-6-7-9-16-37-55-47(50)41-26-32-45(33-27-41)56-48(51)42-24-30-44(31-25-42)53-35-14-10-11-15-36-54-46(49)4-2;1-2-15(17)21-12-6-4-3-5-11-20-14-9-7-13(8-10-14)16(18)19/h4,22-33,38-39H,2-3,5-21,34-37H2,1H3;2,7-10H,1,3-6,11-12H2,(H,18,19). The van der Waals surface area contributed by atoms with Crippen LogP contribution < -0.4 is 18.9 Å². The molecule has 4 aromatic rings. The molecular weight excluding hydrogens is 977 g/mol. The van der Waals surface area contributed by atoms with Crippen LogP contribution in [-0.4, -0.2) is 74.6 Å². The fourth-order valence-corrected chi connectivity index (χ4v) is 8.82. The molecule has 0 atom stereocenters. The fraction of sp³-hybridized carbons (Fsp3) is 0.484. The predicted octanol–water partition coefficient (Wildman–Crippen LogP) is 15.1. The molecular formula is C64H84O13. The summed E-state index contributed by atoms with van der Waals surface area (Å²) in [5.41, 5.74) is 2.53. The Morgan fingerprint density at radius 1 is 0.442 bits per heavy atom. The van der Waals surface area contributed by atoms with E-state index in [1.54, 1.807) is 60.7 Å². The van der Waals surface area contributed by atoms with Gasteiger partial charge in [0.2, 0.25) is 0 Å². The summed E-state index contributed by atoms with van der Waals surface area (Å²) in [6.07, 6.45) is 26.7. The van der Waals surface area contributed by atoms with E-state index in [9.17, 15) is 24.0 Å². The van der Waals surface area contributed by atoms with Crippen LogP contribution in [0.2, 0.25) is 0 Å². The van der Waals surface area contributed by atoms with E-state index in [1.165, 1.54) is 69.1 Å². The summed E-state index contributed by atoms with van der Waals surface area (Å²) in [6, 6.07) is 28.4. The number of benzene rings is 4. The molecule has 1 N–H and O–H groups in total. The maximum Gasteiger partial charge on any atom is 0.343 e. The highest BCUT2D eigenvalue weighted by Crippen LogP contribution is 2.38. The van der Waals surface area contributed by atoms with Gasteiger partial charge in [-0.05, 0) is 192 Å². The molecule has 0 heterocycles. The number of carboxylic acid groups (broad SMARTS) is 1. The molecule has 0 radical (unpaired) electrons. The lowest BCUT2D eigenvalue weighted by molar-refractivity contribution is -0.138. The van der Waals surface area contributed by atoms with Crippen LogP contribution in [0, 0.1) is 5.92 Å². The van der Waals surface area contributed by atoms with Gasteiger partial charge in [0.1, 0.15) is 23.0 Å². The highest BCUT2D eigenvalue weighted by molar-refractivity contribution is 5.92. The Bertz CT molecular complexity index is 2300. The molecule has 0 saturated heterocycles. The van der Waals surface area contributed by atoms with Gasteiger partial charge < -0.3 is 38.3 Å². The smallest absolute Gasteiger partial charge is 0.343 e. The first-order chi connectivity index (χ1) is 37.6. The maximum atomic E-state index is 12.6. The number of carboxylic acids is 1. The minimum atomic E-state index is -0.946. The maximum absolute atomic E-state index is 12.6. The molecule has 4 aromatic carbocycles. The van der Waals surface area contributed by atoms with E-state index in [0.29, 0.717) is 67.3 Å². The second-order valence-electron chi connectivity index (χ2n) is 19.4. The minimum absolute atomic E-state index is 0.247. The topological polar surface area (TPSA) is 170 Å².